The van der Waals surface area contributed by atoms with E-state index in [9.17, 15) is 4.39 Å². The summed E-state index contributed by atoms with van der Waals surface area (Å²) >= 11 is 0. The number of nitrogens with zero attached hydrogens (tertiary/aromatic N) is 2. The number of rotatable bonds is 5. The Morgan fingerprint density at radius 1 is 1.04 bits per heavy atom. The third-order valence-corrected chi connectivity index (χ3v) is 3.61. The average molecular weight is 338 g/mol. The van der Waals surface area contributed by atoms with Crippen LogP contribution in [-0.2, 0) is 13.1 Å². The van der Waals surface area contributed by atoms with Crippen LogP contribution in [0.2, 0.25) is 0 Å². The minimum Gasteiger partial charge on any atom is -0.444 e. The minimum atomic E-state index is -0.244. The highest BCUT2D eigenvalue weighted by Gasteiger charge is 2.07. The van der Waals surface area contributed by atoms with Crippen LogP contribution in [0.3, 0.4) is 0 Å². The lowest BCUT2D eigenvalue weighted by Gasteiger charge is -2.10. The Labute approximate surface area is 145 Å². The molecule has 0 atom stereocenters. The van der Waals surface area contributed by atoms with Gasteiger partial charge in [0.1, 0.15) is 12.1 Å². The van der Waals surface area contributed by atoms with Crippen LogP contribution in [0.15, 0.2) is 70.3 Å². The molecule has 5 nitrogen and oxygen atoms in total. The number of oxazole rings is 1. The van der Waals surface area contributed by atoms with Crippen LogP contribution in [0, 0.1) is 5.82 Å². The summed E-state index contributed by atoms with van der Waals surface area (Å²) in [6.07, 6.45) is 1.63. The third-order valence-electron chi connectivity index (χ3n) is 3.61. The molecular weight excluding hydrogens is 319 g/mol. The van der Waals surface area contributed by atoms with E-state index in [0.717, 1.165) is 16.8 Å². The summed E-state index contributed by atoms with van der Waals surface area (Å²) in [7, 11) is 1.69. The first kappa shape index (κ1) is 16.7. The smallest absolute Gasteiger partial charge is 0.226 e. The highest BCUT2D eigenvalue weighted by atomic mass is 19.1. The number of halogens is 1. The Kier molecular flexibility index (Phi) is 5.41. The summed E-state index contributed by atoms with van der Waals surface area (Å²) in [6.45, 7) is 1.04. The van der Waals surface area contributed by atoms with Gasteiger partial charge in [0.15, 0.2) is 5.96 Å². The highest BCUT2D eigenvalue weighted by molar-refractivity contribution is 5.79. The zero-order valence-electron chi connectivity index (χ0n) is 13.9. The molecule has 25 heavy (non-hydrogen) atoms. The molecule has 0 radical (unpaired) electrons. The third kappa shape index (κ3) is 4.67. The van der Waals surface area contributed by atoms with Gasteiger partial charge in [0.2, 0.25) is 5.89 Å². The molecule has 0 unspecified atom stereocenters. The molecule has 128 valence electrons. The molecule has 2 N–H and O–H groups in total. The Morgan fingerprint density at radius 2 is 1.76 bits per heavy atom. The van der Waals surface area contributed by atoms with Crippen molar-refractivity contribution in [2.24, 2.45) is 4.99 Å². The van der Waals surface area contributed by atoms with Gasteiger partial charge in [-0.25, -0.2) is 9.37 Å². The number of hydrogen-bond acceptors (Lipinski definition) is 3. The van der Waals surface area contributed by atoms with E-state index in [1.54, 1.807) is 25.4 Å². The lowest BCUT2D eigenvalue weighted by Crippen LogP contribution is -2.36. The first-order valence-corrected chi connectivity index (χ1v) is 7.93. The molecule has 3 aromatic rings. The van der Waals surface area contributed by atoms with Crippen molar-refractivity contribution < 1.29 is 8.81 Å². The van der Waals surface area contributed by atoms with Crippen LogP contribution >= 0.6 is 0 Å². The van der Waals surface area contributed by atoms with Crippen molar-refractivity contribution in [3.63, 3.8) is 0 Å². The summed E-state index contributed by atoms with van der Waals surface area (Å²) in [5.41, 5.74) is 2.69. The van der Waals surface area contributed by atoms with Crippen LogP contribution in [0.1, 0.15) is 11.3 Å². The van der Waals surface area contributed by atoms with Crippen molar-refractivity contribution in [2.75, 3.05) is 7.05 Å². The zero-order valence-corrected chi connectivity index (χ0v) is 13.9. The van der Waals surface area contributed by atoms with E-state index in [1.165, 1.54) is 12.1 Å². The molecule has 6 heteroatoms. The number of aromatic nitrogens is 1. The van der Waals surface area contributed by atoms with Gasteiger partial charge in [-0.2, -0.15) is 0 Å². The number of benzene rings is 2. The molecule has 2 aromatic carbocycles. The van der Waals surface area contributed by atoms with Gasteiger partial charge in [-0.1, -0.05) is 30.3 Å². The fraction of sp³-hybridized carbons (Fsp3) is 0.158. The van der Waals surface area contributed by atoms with Crippen LogP contribution < -0.4 is 10.6 Å². The summed E-state index contributed by atoms with van der Waals surface area (Å²) in [5, 5.41) is 6.35. The first-order chi connectivity index (χ1) is 12.2. The Bertz CT molecular complexity index is 828. The molecule has 3 rings (SSSR count). The molecule has 0 aliphatic carbocycles. The molecule has 0 spiro atoms. The van der Waals surface area contributed by atoms with E-state index in [4.69, 9.17) is 4.42 Å². The zero-order chi connectivity index (χ0) is 17.5. The lowest BCUT2D eigenvalue weighted by molar-refractivity contribution is 0.572. The molecule has 1 heterocycles. The van der Waals surface area contributed by atoms with Crippen LogP contribution in [-0.4, -0.2) is 18.0 Å². The van der Waals surface area contributed by atoms with E-state index >= 15 is 0 Å². The number of guanidine groups is 1. The fourth-order valence-electron chi connectivity index (χ4n) is 2.28. The van der Waals surface area contributed by atoms with E-state index in [0.29, 0.717) is 24.9 Å². The quantitative estimate of drug-likeness (QED) is 0.553. The predicted octanol–water partition coefficient (Wildman–Crippen LogP) is 3.35. The van der Waals surface area contributed by atoms with Gasteiger partial charge in [0.25, 0.3) is 0 Å². The van der Waals surface area contributed by atoms with E-state index < -0.39 is 0 Å². The van der Waals surface area contributed by atoms with E-state index in [2.05, 4.69) is 20.6 Å². The second-order valence-corrected chi connectivity index (χ2v) is 5.42. The van der Waals surface area contributed by atoms with Crippen molar-refractivity contribution in [3.8, 4) is 11.5 Å². The maximum absolute atomic E-state index is 12.9. The maximum Gasteiger partial charge on any atom is 0.226 e. The second-order valence-electron chi connectivity index (χ2n) is 5.42. The van der Waals surface area contributed by atoms with Gasteiger partial charge in [0.05, 0.1) is 12.2 Å². The van der Waals surface area contributed by atoms with Gasteiger partial charge in [-0.05, 0) is 29.8 Å². The van der Waals surface area contributed by atoms with Gasteiger partial charge >= 0.3 is 0 Å². The summed E-state index contributed by atoms with van der Waals surface area (Å²) in [4.78, 5) is 8.62. The first-order valence-electron chi connectivity index (χ1n) is 7.93. The standard InChI is InChI=1S/C19H19FN4O/c1-21-19(22-11-14-7-9-16(20)10-8-14)23-12-17-13-25-18(24-17)15-5-3-2-4-6-15/h2-10,13H,11-12H2,1H3,(H2,21,22,23). The normalized spacial score (nSPS) is 11.4. The van der Waals surface area contributed by atoms with Crippen LogP contribution in [0.5, 0.6) is 0 Å². The topological polar surface area (TPSA) is 62.5 Å². The largest absolute Gasteiger partial charge is 0.444 e. The molecule has 0 amide bonds. The molecule has 0 fully saturated rings. The maximum atomic E-state index is 12.9. The summed E-state index contributed by atoms with van der Waals surface area (Å²) in [5.74, 6) is 0.978. The van der Waals surface area contributed by atoms with E-state index in [1.807, 2.05) is 30.3 Å². The van der Waals surface area contributed by atoms with Crippen LogP contribution in [0.4, 0.5) is 4.39 Å². The van der Waals surface area contributed by atoms with Gasteiger partial charge < -0.3 is 15.1 Å². The molecule has 0 saturated carbocycles. The second kappa shape index (κ2) is 8.10. The summed E-state index contributed by atoms with van der Waals surface area (Å²) < 4.78 is 18.4. The fourth-order valence-corrected chi connectivity index (χ4v) is 2.28. The van der Waals surface area contributed by atoms with Crippen molar-refractivity contribution in [2.45, 2.75) is 13.1 Å². The van der Waals surface area contributed by atoms with Gasteiger partial charge in [-0.3, -0.25) is 4.99 Å². The van der Waals surface area contributed by atoms with Crippen molar-refractivity contribution in [3.05, 3.63) is 77.9 Å². The SMILES string of the molecule is CN=C(NCc1ccc(F)cc1)NCc1coc(-c2ccccc2)n1. The molecule has 0 aliphatic heterocycles. The number of hydrogen-bond donors (Lipinski definition) is 2. The van der Waals surface area contributed by atoms with Crippen molar-refractivity contribution in [1.29, 1.82) is 0 Å². The van der Waals surface area contributed by atoms with Gasteiger partial charge in [-0.15, -0.1) is 0 Å². The van der Waals surface area contributed by atoms with Gasteiger partial charge in [0, 0.05) is 19.2 Å². The highest BCUT2D eigenvalue weighted by Crippen LogP contribution is 2.17. The van der Waals surface area contributed by atoms with Crippen molar-refractivity contribution >= 4 is 5.96 Å². The Balaban J connectivity index is 1.53. The number of nitrogens with one attached hydrogen (secondary N) is 2. The molecular formula is C19H19FN4O. The van der Waals surface area contributed by atoms with E-state index in [-0.39, 0.29) is 5.82 Å². The minimum absolute atomic E-state index is 0.244. The van der Waals surface area contributed by atoms with Crippen LogP contribution in [0.25, 0.3) is 11.5 Å². The van der Waals surface area contributed by atoms with Crippen molar-refractivity contribution in [1.82, 2.24) is 15.6 Å². The monoisotopic (exact) mass is 338 g/mol. The Morgan fingerprint density at radius 3 is 2.48 bits per heavy atom. The molecule has 0 bridgehead atoms. The lowest BCUT2D eigenvalue weighted by atomic mass is 10.2. The Hall–Kier alpha value is -3.15. The molecule has 0 saturated heterocycles. The average Bonchev–Trinajstić information content (AvgIpc) is 3.13. The molecule has 1 aromatic heterocycles. The predicted molar refractivity (Wildman–Crippen MR) is 95.4 cm³/mol. The number of aliphatic imine (C=N–C) groups is 1. The molecule has 0 aliphatic rings. The summed E-state index contributed by atoms with van der Waals surface area (Å²) in [6, 6.07) is 16.1.